The van der Waals surface area contributed by atoms with Gasteiger partial charge < -0.3 is 10.1 Å². The Morgan fingerprint density at radius 3 is 2.52 bits per heavy atom. The van der Waals surface area contributed by atoms with Gasteiger partial charge in [-0.15, -0.1) is 0 Å². The second-order valence-corrected chi connectivity index (χ2v) is 6.62. The van der Waals surface area contributed by atoms with Gasteiger partial charge in [0.2, 0.25) is 5.91 Å². The Labute approximate surface area is 131 Å². The number of halogens is 1. The summed E-state index contributed by atoms with van der Waals surface area (Å²) in [7, 11) is 0. The van der Waals surface area contributed by atoms with Crippen molar-refractivity contribution in [3.05, 3.63) is 34.9 Å². The van der Waals surface area contributed by atoms with Crippen molar-refractivity contribution >= 4 is 17.5 Å². The minimum atomic E-state index is -0.384. The summed E-state index contributed by atoms with van der Waals surface area (Å²) in [5, 5.41) is 3.92. The van der Waals surface area contributed by atoms with E-state index in [1.54, 1.807) is 0 Å². The summed E-state index contributed by atoms with van der Waals surface area (Å²) in [4.78, 5) is 13.0. The molecule has 2 aliphatic rings. The Kier molecular flexibility index (Phi) is 4.51. The molecule has 1 heterocycles. The van der Waals surface area contributed by atoms with Gasteiger partial charge in [-0.05, 0) is 37.0 Å². The summed E-state index contributed by atoms with van der Waals surface area (Å²) in [6.07, 6.45) is 6.20. The number of carbonyl (C=O) groups excluding carboxylic acids is 1. The van der Waals surface area contributed by atoms with Crippen LogP contribution in [0.15, 0.2) is 24.3 Å². The zero-order valence-corrected chi connectivity index (χ0v) is 13.0. The molecule has 1 aromatic carbocycles. The number of nitrogens with one attached hydrogen (secondary N) is 1. The van der Waals surface area contributed by atoms with Crippen LogP contribution in [0.5, 0.6) is 0 Å². The van der Waals surface area contributed by atoms with Crippen LogP contribution in [0.3, 0.4) is 0 Å². The molecule has 1 aromatic rings. The van der Waals surface area contributed by atoms with Crippen molar-refractivity contribution in [3.63, 3.8) is 0 Å². The highest BCUT2D eigenvalue weighted by atomic mass is 35.5. The Balaban J connectivity index is 1.84. The van der Waals surface area contributed by atoms with Gasteiger partial charge in [-0.25, -0.2) is 0 Å². The van der Waals surface area contributed by atoms with Crippen LogP contribution < -0.4 is 5.32 Å². The summed E-state index contributed by atoms with van der Waals surface area (Å²) in [5.74, 6) is 0.167. The molecule has 0 bridgehead atoms. The number of benzene rings is 1. The van der Waals surface area contributed by atoms with Gasteiger partial charge in [0, 0.05) is 11.6 Å². The first kappa shape index (κ1) is 14.9. The summed E-state index contributed by atoms with van der Waals surface area (Å²) < 4.78 is 5.37. The lowest BCUT2D eigenvalue weighted by Crippen LogP contribution is -2.49. The van der Waals surface area contributed by atoms with Gasteiger partial charge in [0.15, 0.2) is 0 Å². The van der Waals surface area contributed by atoms with Crippen molar-refractivity contribution in [2.75, 3.05) is 13.2 Å². The van der Waals surface area contributed by atoms with E-state index in [1.807, 2.05) is 24.3 Å². The third-order valence-electron chi connectivity index (χ3n) is 4.80. The van der Waals surface area contributed by atoms with E-state index < -0.39 is 0 Å². The van der Waals surface area contributed by atoms with E-state index in [2.05, 4.69) is 5.32 Å². The van der Waals surface area contributed by atoms with E-state index in [0.29, 0.717) is 11.6 Å². The fourth-order valence-corrected chi connectivity index (χ4v) is 3.67. The van der Waals surface area contributed by atoms with Crippen molar-refractivity contribution in [2.45, 2.75) is 50.0 Å². The molecule has 2 fully saturated rings. The molecular formula is C17H22ClNO2. The van der Waals surface area contributed by atoms with Crippen LogP contribution >= 0.6 is 11.6 Å². The molecule has 21 heavy (non-hydrogen) atoms. The number of hydrogen-bond donors (Lipinski definition) is 1. The summed E-state index contributed by atoms with van der Waals surface area (Å²) in [5.41, 5.74) is 0.717. The first-order valence-corrected chi connectivity index (χ1v) is 8.23. The Hall–Kier alpha value is -1.06. The minimum Gasteiger partial charge on any atom is -0.379 e. The fourth-order valence-electron chi connectivity index (χ4n) is 3.54. The molecule has 4 heteroatoms. The topological polar surface area (TPSA) is 38.3 Å². The number of rotatable bonds is 3. The molecule has 1 aliphatic heterocycles. The average molecular weight is 308 g/mol. The second-order valence-electron chi connectivity index (χ2n) is 6.18. The molecular weight excluding hydrogens is 286 g/mol. The van der Waals surface area contributed by atoms with Gasteiger partial charge >= 0.3 is 0 Å². The van der Waals surface area contributed by atoms with Gasteiger partial charge in [-0.2, -0.15) is 0 Å². The lowest BCUT2D eigenvalue weighted by atomic mass is 9.68. The zero-order chi connectivity index (χ0) is 14.7. The quantitative estimate of drug-likeness (QED) is 0.929. The monoisotopic (exact) mass is 307 g/mol. The molecule has 0 aromatic heterocycles. The maximum Gasteiger partial charge on any atom is 0.230 e. The summed E-state index contributed by atoms with van der Waals surface area (Å²) >= 11 is 6.00. The Morgan fingerprint density at radius 2 is 1.90 bits per heavy atom. The molecule has 1 N–H and O–H groups in total. The van der Waals surface area contributed by atoms with Gasteiger partial charge in [-0.3, -0.25) is 4.79 Å². The highest BCUT2D eigenvalue weighted by molar-refractivity contribution is 6.30. The van der Waals surface area contributed by atoms with E-state index in [4.69, 9.17) is 16.3 Å². The molecule has 114 valence electrons. The van der Waals surface area contributed by atoms with E-state index in [0.717, 1.165) is 44.3 Å². The molecule has 1 aliphatic carbocycles. The molecule has 0 radical (unpaired) electrons. The first-order valence-electron chi connectivity index (χ1n) is 7.85. The largest absolute Gasteiger partial charge is 0.379 e. The molecule has 1 saturated carbocycles. The van der Waals surface area contributed by atoms with Crippen LogP contribution in [0, 0.1) is 0 Å². The SMILES string of the molecule is O=C(N[C@H]1CCOC1)C1(c2ccc(Cl)cc2)CCCCC1. The van der Waals surface area contributed by atoms with Crippen molar-refractivity contribution in [1.29, 1.82) is 0 Å². The Morgan fingerprint density at radius 1 is 1.19 bits per heavy atom. The van der Waals surface area contributed by atoms with Crippen molar-refractivity contribution in [3.8, 4) is 0 Å². The predicted octanol–water partition coefficient (Wildman–Crippen LogP) is 3.45. The number of carbonyl (C=O) groups is 1. The minimum absolute atomic E-state index is 0.167. The lowest BCUT2D eigenvalue weighted by molar-refractivity contribution is -0.128. The van der Waals surface area contributed by atoms with Gasteiger partial charge in [-0.1, -0.05) is 43.0 Å². The van der Waals surface area contributed by atoms with Crippen LogP contribution in [0.1, 0.15) is 44.1 Å². The highest BCUT2D eigenvalue weighted by Crippen LogP contribution is 2.40. The van der Waals surface area contributed by atoms with E-state index in [-0.39, 0.29) is 17.4 Å². The molecule has 3 rings (SSSR count). The predicted molar refractivity (Wildman–Crippen MR) is 83.6 cm³/mol. The van der Waals surface area contributed by atoms with Gasteiger partial charge in [0.05, 0.1) is 18.1 Å². The number of ether oxygens (including phenoxy) is 1. The first-order chi connectivity index (χ1) is 10.2. The maximum absolute atomic E-state index is 13.0. The van der Waals surface area contributed by atoms with E-state index in [1.165, 1.54) is 6.42 Å². The maximum atomic E-state index is 13.0. The summed E-state index contributed by atoms with van der Waals surface area (Å²) in [6, 6.07) is 7.97. The average Bonchev–Trinajstić information content (AvgIpc) is 3.01. The van der Waals surface area contributed by atoms with E-state index >= 15 is 0 Å². The van der Waals surface area contributed by atoms with Crippen LogP contribution in [0.2, 0.25) is 5.02 Å². The molecule has 1 atom stereocenters. The van der Waals surface area contributed by atoms with Crippen LogP contribution in [0.4, 0.5) is 0 Å². The van der Waals surface area contributed by atoms with Crippen molar-refractivity contribution in [2.24, 2.45) is 0 Å². The van der Waals surface area contributed by atoms with Crippen LogP contribution in [-0.2, 0) is 14.9 Å². The van der Waals surface area contributed by atoms with Crippen LogP contribution in [0.25, 0.3) is 0 Å². The van der Waals surface area contributed by atoms with Crippen molar-refractivity contribution in [1.82, 2.24) is 5.32 Å². The smallest absolute Gasteiger partial charge is 0.230 e. The molecule has 1 saturated heterocycles. The third kappa shape index (κ3) is 3.09. The molecule has 0 unspecified atom stereocenters. The fraction of sp³-hybridized carbons (Fsp3) is 0.588. The van der Waals surface area contributed by atoms with Gasteiger partial charge in [0.25, 0.3) is 0 Å². The third-order valence-corrected chi connectivity index (χ3v) is 5.06. The molecule has 0 spiro atoms. The molecule has 1 amide bonds. The Bertz CT molecular complexity index is 488. The summed E-state index contributed by atoms with van der Waals surface area (Å²) in [6.45, 7) is 1.39. The molecule has 3 nitrogen and oxygen atoms in total. The standard InChI is InChI=1S/C17H22ClNO2/c18-14-6-4-13(5-7-14)17(9-2-1-3-10-17)16(20)19-15-8-11-21-12-15/h4-7,15H,1-3,8-12H2,(H,19,20)/t15-/m0/s1. The lowest BCUT2D eigenvalue weighted by Gasteiger charge is -2.37. The zero-order valence-electron chi connectivity index (χ0n) is 12.2. The normalized spacial score (nSPS) is 24.7. The van der Waals surface area contributed by atoms with Gasteiger partial charge in [0.1, 0.15) is 0 Å². The number of hydrogen-bond acceptors (Lipinski definition) is 2. The van der Waals surface area contributed by atoms with Crippen LogP contribution in [-0.4, -0.2) is 25.2 Å². The van der Waals surface area contributed by atoms with Crippen molar-refractivity contribution < 1.29 is 9.53 Å². The number of amides is 1. The van der Waals surface area contributed by atoms with E-state index in [9.17, 15) is 4.79 Å². The second kappa shape index (κ2) is 6.37. The highest BCUT2D eigenvalue weighted by Gasteiger charge is 2.41.